The third kappa shape index (κ3) is 3.47. The van der Waals surface area contributed by atoms with Crippen molar-refractivity contribution < 1.29 is 4.79 Å². The summed E-state index contributed by atoms with van der Waals surface area (Å²) in [6.45, 7) is 2.80. The molecule has 0 saturated heterocycles. The summed E-state index contributed by atoms with van der Waals surface area (Å²) in [6, 6.07) is 12.3. The lowest BCUT2D eigenvalue weighted by Crippen LogP contribution is -2.28. The molecule has 0 spiro atoms. The normalized spacial score (nSPS) is 13.3. The lowest BCUT2D eigenvalue weighted by molar-refractivity contribution is 0.0957. The van der Waals surface area contributed by atoms with Gasteiger partial charge in [0.2, 0.25) is 0 Å². The Morgan fingerprint density at radius 2 is 2.14 bits per heavy atom. The van der Waals surface area contributed by atoms with Crippen LogP contribution in [0.15, 0.2) is 40.2 Å². The number of hydrogen-bond donors (Lipinski definition) is 1. The maximum atomic E-state index is 11.9. The van der Waals surface area contributed by atoms with E-state index in [0.29, 0.717) is 6.54 Å². The first-order valence-corrected chi connectivity index (χ1v) is 8.71. The van der Waals surface area contributed by atoms with E-state index in [1.807, 2.05) is 12.1 Å². The number of nitrogens with zero attached hydrogens (tertiary/aromatic N) is 1. The molecular weight excluding hydrogens is 348 g/mol. The van der Waals surface area contributed by atoms with E-state index in [2.05, 4.69) is 50.4 Å². The summed E-state index contributed by atoms with van der Waals surface area (Å²) in [6.07, 6.45) is 2.10. The SMILES string of the molecule is O=C(NCCCN1CCc2ccccc21)c1ccc(Br)s1. The average Bonchev–Trinajstić information content (AvgIpc) is 3.10. The van der Waals surface area contributed by atoms with Gasteiger partial charge in [-0.05, 0) is 52.5 Å². The largest absolute Gasteiger partial charge is 0.371 e. The van der Waals surface area contributed by atoms with Crippen LogP contribution in [0.2, 0.25) is 0 Å². The molecule has 3 nitrogen and oxygen atoms in total. The summed E-state index contributed by atoms with van der Waals surface area (Å²) in [5.41, 5.74) is 2.79. The number of nitrogens with one attached hydrogen (secondary N) is 1. The molecule has 2 aromatic rings. The number of hydrogen-bond acceptors (Lipinski definition) is 3. The van der Waals surface area contributed by atoms with Crippen LogP contribution >= 0.6 is 27.3 Å². The van der Waals surface area contributed by atoms with Gasteiger partial charge in [-0.2, -0.15) is 0 Å². The number of anilines is 1. The highest BCUT2D eigenvalue weighted by Crippen LogP contribution is 2.27. The molecule has 1 N–H and O–H groups in total. The van der Waals surface area contributed by atoms with Crippen LogP contribution in [-0.2, 0) is 6.42 Å². The molecule has 0 saturated carbocycles. The minimum Gasteiger partial charge on any atom is -0.371 e. The second kappa shape index (κ2) is 6.62. The zero-order valence-corrected chi connectivity index (χ0v) is 14.0. The van der Waals surface area contributed by atoms with E-state index in [9.17, 15) is 4.79 Å². The van der Waals surface area contributed by atoms with Crippen molar-refractivity contribution in [3.05, 3.63) is 50.6 Å². The molecule has 1 amide bonds. The fourth-order valence-corrected chi connectivity index (χ4v) is 3.94. The van der Waals surface area contributed by atoms with Crippen LogP contribution in [0.25, 0.3) is 0 Å². The molecule has 5 heteroatoms. The maximum Gasteiger partial charge on any atom is 0.261 e. The van der Waals surface area contributed by atoms with Crippen LogP contribution in [0, 0.1) is 0 Å². The molecule has 1 aliphatic heterocycles. The van der Waals surface area contributed by atoms with Gasteiger partial charge in [0.25, 0.3) is 5.91 Å². The Morgan fingerprint density at radius 3 is 2.95 bits per heavy atom. The van der Waals surface area contributed by atoms with Crippen molar-refractivity contribution in [3.8, 4) is 0 Å². The predicted octanol–water partition coefficient (Wildman–Crippen LogP) is 3.69. The first kappa shape index (κ1) is 14.6. The number of amides is 1. The van der Waals surface area contributed by atoms with Gasteiger partial charge in [0.15, 0.2) is 0 Å². The number of fused-ring (bicyclic) bond motifs is 1. The molecule has 0 aliphatic carbocycles. The van der Waals surface area contributed by atoms with Crippen molar-refractivity contribution in [2.75, 3.05) is 24.5 Å². The number of halogens is 1. The fourth-order valence-electron chi connectivity index (χ4n) is 2.63. The molecule has 110 valence electrons. The highest BCUT2D eigenvalue weighted by atomic mass is 79.9. The molecule has 0 unspecified atom stereocenters. The summed E-state index contributed by atoms with van der Waals surface area (Å²) >= 11 is 4.84. The molecule has 1 aromatic carbocycles. The maximum absolute atomic E-state index is 11.9. The average molecular weight is 365 g/mol. The second-order valence-electron chi connectivity index (χ2n) is 5.08. The van der Waals surface area contributed by atoms with Gasteiger partial charge in [-0.3, -0.25) is 4.79 Å². The van der Waals surface area contributed by atoms with E-state index >= 15 is 0 Å². The number of rotatable bonds is 5. The number of carbonyl (C=O) groups is 1. The van der Waals surface area contributed by atoms with Crippen molar-refractivity contribution in [3.63, 3.8) is 0 Å². The monoisotopic (exact) mass is 364 g/mol. The minimum atomic E-state index is 0.0209. The molecular formula is C16H17BrN2OS. The van der Waals surface area contributed by atoms with Crippen LogP contribution in [0.4, 0.5) is 5.69 Å². The van der Waals surface area contributed by atoms with E-state index in [-0.39, 0.29) is 5.91 Å². The van der Waals surface area contributed by atoms with Crippen molar-refractivity contribution in [2.45, 2.75) is 12.8 Å². The third-order valence-corrected chi connectivity index (χ3v) is 5.29. The van der Waals surface area contributed by atoms with Crippen molar-refractivity contribution in [1.29, 1.82) is 0 Å². The van der Waals surface area contributed by atoms with Gasteiger partial charge in [0.1, 0.15) is 0 Å². The van der Waals surface area contributed by atoms with Gasteiger partial charge in [-0.1, -0.05) is 18.2 Å². The Hall–Kier alpha value is -1.33. The summed E-state index contributed by atoms with van der Waals surface area (Å²) in [5, 5.41) is 2.98. The molecule has 0 bridgehead atoms. The first-order valence-electron chi connectivity index (χ1n) is 7.10. The Kier molecular flexibility index (Phi) is 4.60. The van der Waals surface area contributed by atoms with E-state index in [1.165, 1.54) is 22.6 Å². The Labute approximate surface area is 137 Å². The summed E-state index contributed by atoms with van der Waals surface area (Å²) in [5.74, 6) is 0.0209. The number of benzene rings is 1. The second-order valence-corrected chi connectivity index (χ2v) is 7.54. The third-order valence-electron chi connectivity index (χ3n) is 3.67. The van der Waals surface area contributed by atoms with E-state index in [4.69, 9.17) is 0 Å². The Bertz CT molecular complexity index is 641. The predicted molar refractivity (Wildman–Crippen MR) is 91.3 cm³/mol. The van der Waals surface area contributed by atoms with E-state index < -0.39 is 0 Å². The minimum absolute atomic E-state index is 0.0209. The van der Waals surface area contributed by atoms with Crippen molar-refractivity contribution in [2.24, 2.45) is 0 Å². The number of carbonyl (C=O) groups excluding carboxylic acids is 1. The zero-order chi connectivity index (χ0) is 14.7. The van der Waals surface area contributed by atoms with Gasteiger partial charge >= 0.3 is 0 Å². The smallest absolute Gasteiger partial charge is 0.261 e. The summed E-state index contributed by atoms with van der Waals surface area (Å²) < 4.78 is 0.987. The lowest BCUT2D eigenvalue weighted by Gasteiger charge is -2.19. The van der Waals surface area contributed by atoms with Gasteiger partial charge in [-0.25, -0.2) is 0 Å². The quantitative estimate of drug-likeness (QED) is 0.820. The standard InChI is InChI=1S/C16H17BrN2OS/c17-15-7-6-14(21-15)16(20)18-9-3-10-19-11-8-12-4-1-2-5-13(12)19/h1-2,4-7H,3,8-11H2,(H,18,20). The fraction of sp³-hybridized carbons (Fsp3) is 0.312. The molecule has 1 aliphatic rings. The van der Waals surface area contributed by atoms with Crippen LogP contribution < -0.4 is 10.2 Å². The molecule has 3 rings (SSSR count). The van der Waals surface area contributed by atoms with Crippen LogP contribution in [-0.4, -0.2) is 25.5 Å². The molecule has 0 fully saturated rings. The van der Waals surface area contributed by atoms with Gasteiger partial charge in [0, 0.05) is 25.3 Å². The zero-order valence-electron chi connectivity index (χ0n) is 11.6. The van der Waals surface area contributed by atoms with Gasteiger partial charge < -0.3 is 10.2 Å². The lowest BCUT2D eigenvalue weighted by atomic mass is 10.2. The van der Waals surface area contributed by atoms with Crippen LogP contribution in [0.5, 0.6) is 0 Å². The van der Waals surface area contributed by atoms with Crippen molar-refractivity contribution in [1.82, 2.24) is 5.32 Å². The Balaban J connectivity index is 1.44. The number of para-hydroxylation sites is 1. The van der Waals surface area contributed by atoms with Gasteiger partial charge in [0.05, 0.1) is 8.66 Å². The van der Waals surface area contributed by atoms with Gasteiger partial charge in [-0.15, -0.1) is 11.3 Å². The number of thiophene rings is 1. The molecule has 21 heavy (non-hydrogen) atoms. The molecule has 1 aromatic heterocycles. The van der Waals surface area contributed by atoms with Crippen LogP contribution in [0.1, 0.15) is 21.7 Å². The van der Waals surface area contributed by atoms with E-state index in [1.54, 1.807) is 0 Å². The molecule has 2 heterocycles. The topological polar surface area (TPSA) is 32.3 Å². The first-order chi connectivity index (χ1) is 10.2. The Morgan fingerprint density at radius 1 is 1.29 bits per heavy atom. The highest BCUT2D eigenvalue weighted by molar-refractivity contribution is 9.11. The van der Waals surface area contributed by atoms with Crippen LogP contribution in [0.3, 0.4) is 0 Å². The molecule has 0 atom stereocenters. The summed E-state index contributed by atoms with van der Waals surface area (Å²) in [4.78, 5) is 15.1. The molecule has 0 radical (unpaired) electrons. The van der Waals surface area contributed by atoms with E-state index in [0.717, 1.165) is 34.6 Å². The highest BCUT2D eigenvalue weighted by Gasteiger charge is 2.17. The van der Waals surface area contributed by atoms with Crippen molar-refractivity contribution >= 4 is 38.9 Å². The summed E-state index contributed by atoms with van der Waals surface area (Å²) in [7, 11) is 0.